The van der Waals surface area contributed by atoms with Crippen LogP contribution in [-0.4, -0.2) is 35.5 Å². The van der Waals surface area contributed by atoms with Crippen molar-refractivity contribution in [1.82, 2.24) is 10.2 Å². The number of carbonyl (C=O) groups is 1. The molecule has 3 aliphatic rings. The fourth-order valence-electron chi connectivity index (χ4n) is 4.05. The van der Waals surface area contributed by atoms with Crippen molar-refractivity contribution in [2.24, 2.45) is 5.92 Å². The van der Waals surface area contributed by atoms with Crippen LogP contribution >= 0.6 is 12.4 Å². The van der Waals surface area contributed by atoms with E-state index < -0.39 is 0 Å². The summed E-state index contributed by atoms with van der Waals surface area (Å²) >= 11 is 0. The van der Waals surface area contributed by atoms with Crippen molar-refractivity contribution in [3.63, 3.8) is 0 Å². The molecule has 1 amide bonds. The van der Waals surface area contributed by atoms with Crippen molar-refractivity contribution in [1.29, 1.82) is 5.26 Å². The van der Waals surface area contributed by atoms with Crippen LogP contribution in [0.15, 0.2) is 0 Å². The van der Waals surface area contributed by atoms with Crippen LogP contribution in [0.5, 0.6) is 0 Å². The number of likely N-dealkylation sites (tertiary alicyclic amines) is 1. The molecule has 4 atom stereocenters. The van der Waals surface area contributed by atoms with E-state index in [1.165, 1.54) is 32.1 Å². The van der Waals surface area contributed by atoms with Crippen LogP contribution in [0.4, 0.5) is 0 Å². The molecule has 0 aromatic carbocycles. The minimum absolute atomic E-state index is 0. The predicted octanol–water partition coefficient (Wildman–Crippen LogP) is 2.23. The molecule has 3 fully saturated rings. The van der Waals surface area contributed by atoms with E-state index in [9.17, 15) is 4.79 Å². The van der Waals surface area contributed by atoms with Crippen LogP contribution in [0.3, 0.4) is 0 Å². The average molecular weight is 298 g/mol. The summed E-state index contributed by atoms with van der Waals surface area (Å²) in [6.45, 7) is 0.768. The molecule has 2 heterocycles. The molecular formula is C15H24ClN3O. The molecule has 0 aromatic rings. The summed E-state index contributed by atoms with van der Waals surface area (Å²) in [6.07, 6.45) is 9.24. The third kappa shape index (κ3) is 2.94. The maximum absolute atomic E-state index is 12.6. The number of nitrogens with one attached hydrogen (secondary N) is 1. The fourth-order valence-corrected chi connectivity index (χ4v) is 4.05. The highest BCUT2D eigenvalue weighted by Gasteiger charge is 2.41. The van der Waals surface area contributed by atoms with Crippen LogP contribution < -0.4 is 5.32 Å². The SMILES string of the molecule is Cl.N#C[C@@H]1CCCN1C(=O)[C@@H]1C[C@@H]2CCCCC[C@H]2N1. The van der Waals surface area contributed by atoms with Crippen molar-refractivity contribution >= 4 is 18.3 Å². The van der Waals surface area contributed by atoms with Gasteiger partial charge >= 0.3 is 0 Å². The monoisotopic (exact) mass is 297 g/mol. The molecule has 0 spiro atoms. The van der Waals surface area contributed by atoms with Gasteiger partial charge in [0.2, 0.25) is 5.91 Å². The number of rotatable bonds is 1. The number of fused-ring (bicyclic) bond motifs is 1. The van der Waals surface area contributed by atoms with Crippen molar-refractivity contribution in [3.8, 4) is 6.07 Å². The highest BCUT2D eigenvalue weighted by atomic mass is 35.5. The highest BCUT2D eigenvalue weighted by Crippen LogP contribution is 2.33. The Morgan fingerprint density at radius 1 is 1.15 bits per heavy atom. The third-order valence-corrected chi connectivity index (χ3v) is 5.10. The van der Waals surface area contributed by atoms with Gasteiger partial charge in [0.15, 0.2) is 0 Å². The van der Waals surface area contributed by atoms with Gasteiger partial charge in [-0.3, -0.25) is 4.79 Å². The van der Waals surface area contributed by atoms with Gasteiger partial charge in [0.25, 0.3) is 0 Å². The van der Waals surface area contributed by atoms with Crippen molar-refractivity contribution in [2.75, 3.05) is 6.54 Å². The number of halogens is 1. The standard InChI is InChI=1S/C15H23N3O.ClH/c16-10-12-6-4-8-18(12)15(19)14-9-11-5-2-1-3-7-13(11)17-14;/h11-14,17H,1-9H2;1H/t11-,12-,13+,14-;/m0./s1. The lowest BCUT2D eigenvalue weighted by molar-refractivity contribution is -0.133. The minimum atomic E-state index is -0.181. The van der Waals surface area contributed by atoms with E-state index in [1.807, 2.05) is 4.90 Å². The fraction of sp³-hybridized carbons (Fsp3) is 0.867. The number of nitrogens with zero attached hydrogens (tertiary/aromatic N) is 2. The molecule has 2 saturated heterocycles. The highest BCUT2D eigenvalue weighted by molar-refractivity contribution is 5.85. The molecular weight excluding hydrogens is 274 g/mol. The van der Waals surface area contributed by atoms with Gasteiger partial charge in [0.1, 0.15) is 6.04 Å². The van der Waals surface area contributed by atoms with E-state index in [-0.39, 0.29) is 30.4 Å². The largest absolute Gasteiger partial charge is 0.325 e. The summed E-state index contributed by atoms with van der Waals surface area (Å²) in [5.41, 5.74) is 0. The van der Waals surface area contributed by atoms with Gasteiger partial charge in [0.05, 0.1) is 12.1 Å². The molecule has 112 valence electrons. The lowest BCUT2D eigenvalue weighted by atomic mass is 9.94. The molecule has 0 bridgehead atoms. The Morgan fingerprint density at radius 3 is 2.75 bits per heavy atom. The first-order valence-corrected chi connectivity index (χ1v) is 7.76. The summed E-state index contributed by atoms with van der Waals surface area (Å²) in [4.78, 5) is 14.4. The van der Waals surface area contributed by atoms with E-state index >= 15 is 0 Å². The quantitative estimate of drug-likeness (QED) is 0.807. The Balaban J connectivity index is 0.00000147. The van der Waals surface area contributed by atoms with Gasteiger partial charge in [-0.05, 0) is 38.0 Å². The second-order valence-corrected chi connectivity index (χ2v) is 6.28. The van der Waals surface area contributed by atoms with E-state index in [4.69, 9.17) is 5.26 Å². The van der Waals surface area contributed by atoms with Crippen LogP contribution in [0.2, 0.25) is 0 Å². The molecule has 1 N–H and O–H groups in total. The first-order valence-electron chi connectivity index (χ1n) is 7.76. The first kappa shape index (κ1) is 15.6. The van der Waals surface area contributed by atoms with Crippen molar-refractivity contribution in [3.05, 3.63) is 0 Å². The van der Waals surface area contributed by atoms with Crippen LogP contribution in [-0.2, 0) is 4.79 Å². The molecule has 0 radical (unpaired) electrons. The van der Waals surface area contributed by atoms with Gasteiger partial charge in [-0.2, -0.15) is 5.26 Å². The van der Waals surface area contributed by atoms with Crippen LogP contribution in [0, 0.1) is 17.2 Å². The number of carbonyl (C=O) groups excluding carboxylic acids is 1. The zero-order valence-electron chi connectivity index (χ0n) is 11.9. The molecule has 2 aliphatic heterocycles. The Bertz CT molecular complexity index is 381. The average Bonchev–Trinajstić information content (AvgIpc) is 3.00. The molecule has 4 nitrogen and oxygen atoms in total. The molecule has 3 rings (SSSR count). The smallest absolute Gasteiger partial charge is 0.240 e. The number of nitriles is 1. The second kappa shape index (κ2) is 6.78. The van der Waals surface area contributed by atoms with Gasteiger partial charge < -0.3 is 10.2 Å². The molecule has 0 aromatic heterocycles. The lowest BCUT2D eigenvalue weighted by Crippen LogP contribution is -2.46. The zero-order valence-corrected chi connectivity index (χ0v) is 12.7. The normalized spacial score (nSPS) is 36.6. The molecule has 5 heteroatoms. The molecule has 1 saturated carbocycles. The minimum Gasteiger partial charge on any atom is -0.325 e. The number of hydrogen-bond acceptors (Lipinski definition) is 3. The van der Waals surface area contributed by atoms with Crippen molar-refractivity contribution in [2.45, 2.75) is 69.5 Å². The van der Waals surface area contributed by atoms with Gasteiger partial charge in [-0.25, -0.2) is 0 Å². The molecule has 20 heavy (non-hydrogen) atoms. The maximum Gasteiger partial charge on any atom is 0.240 e. The topological polar surface area (TPSA) is 56.1 Å². The Kier molecular flexibility index (Phi) is 5.29. The van der Waals surface area contributed by atoms with Crippen molar-refractivity contribution < 1.29 is 4.79 Å². The Morgan fingerprint density at radius 2 is 1.95 bits per heavy atom. The van der Waals surface area contributed by atoms with E-state index in [0.717, 1.165) is 25.8 Å². The van der Waals surface area contributed by atoms with E-state index in [0.29, 0.717) is 12.0 Å². The lowest BCUT2D eigenvalue weighted by Gasteiger charge is -2.23. The van der Waals surface area contributed by atoms with Gasteiger partial charge in [0, 0.05) is 12.6 Å². The molecule has 0 unspecified atom stereocenters. The Hall–Kier alpha value is -0.790. The summed E-state index contributed by atoms with van der Waals surface area (Å²) in [6, 6.07) is 2.60. The van der Waals surface area contributed by atoms with E-state index in [1.54, 1.807) is 0 Å². The Labute approximate surface area is 127 Å². The second-order valence-electron chi connectivity index (χ2n) is 6.28. The number of amides is 1. The zero-order chi connectivity index (χ0) is 13.2. The third-order valence-electron chi connectivity index (χ3n) is 5.10. The summed E-state index contributed by atoms with van der Waals surface area (Å²) in [5.74, 6) is 0.858. The van der Waals surface area contributed by atoms with Crippen LogP contribution in [0.25, 0.3) is 0 Å². The first-order chi connectivity index (χ1) is 9.29. The summed E-state index contributed by atoms with van der Waals surface area (Å²) in [7, 11) is 0. The molecule has 1 aliphatic carbocycles. The number of hydrogen-bond donors (Lipinski definition) is 1. The summed E-state index contributed by atoms with van der Waals surface area (Å²) in [5, 5.41) is 12.7. The maximum atomic E-state index is 12.6. The van der Waals surface area contributed by atoms with Gasteiger partial charge in [-0.15, -0.1) is 12.4 Å². The van der Waals surface area contributed by atoms with E-state index in [2.05, 4.69) is 11.4 Å². The van der Waals surface area contributed by atoms with Gasteiger partial charge in [-0.1, -0.05) is 19.3 Å². The van der Waals surface area contributed by atoms with Crippen LogP contribution in [0.1, 0.15) is 51.4 Å². The predicted molar refractivity (Wildman–Crippen MR) is 79.5 cm³/mol. The summed E-state index contributed by atoms with van der Waals surface area (Å²) < 4.78 is 0.